The largest absolute Gasteiger partial charge is 2.00 e. The third-order valence-electron chi connectivity index (χ3n) is 0. The van der Waals surface area contributed by atoms with Gasteiger partial charge in [0.15, 0.2) is 0 Å². The second-order valence-electron chi connectivity index (χ2n) is 0.250. The van der Waals surface area contributed by atoms with E-state index in [9.17, 15) is 0 Å². The quantitative estimate of drug-likeness (QED) is 0.346. The SMILES string of the molecule is O.O=[Si]([O-])[O-].[Ca+2].[Ca+2]. The summed E-state index contributed by atoms with van der Waals surface area (Å²) in [4.78, 5) is 17.0. The van der Waals surface area contributed by atoms with Crippen LogP contribution in [-0.4, -0.2) is 90.1 Å². The Morgan fingerprint density at radius 3 is 1.14 bits per heavy atom. The monoisotopic (exact) mass is 174 g/mol. The summed E-state index contributed by atoms with van der Waals surface area (Å²) in [6.07, 6.45) is 0. The van der Waals surface area contributed by atoms with Gasteiger partial charge in [-0.25, -0.2) is 0 Å². The van der Waals surface area contributed by atoms with Crippen molar-refractivity contribution in [3.8, 4) is 0 Å². The van der Waals surface area contributed by atoms with E-state index in [1.807, 2.05) is 0 Å². The number of hydrogen-bond donors (Lipinski definition) is 0. The summed E-state index contributed by atoms with van der Waals surface area (Å²) in [7, 11) is -3.63. The molecular formula is H2Ca2O4Si+2. The molecule has 32 valence electrons. The van der Waals surface area contributed by atoms with Crippen LogP contribution in [-0.2, 0) is 4.46 Å². The zero-order chi connectivity index (χ0) is 3.58. The van der Waals surface area contributed by atoms with Gasteiger partial charge in [-0.3, -0.25) is 0 Å². The molecule has 2 N–H and O–H groups in total. The normalized spacial score (nSPS) is 3.43. The third kappa shape index (κ3) is 68.5. The van der Waals surface area contributed by atoms with E-state index in [1.54, 1.807) is 0 Å². The Balaban J connectivity index is -0.0000000150. The standard InChI is InChI=1S/2Ca.O3Si.H2O/c;;1-4(2)3;/h;;;1H2/q2*+2;-2;. The second kappa shape index (κ2) is 15.7. The van der Waals surface area contributed by atoms with Gasteiger partial charge in [-0.2, -0.15) is 0 Å². The molecule has 0 saturated carbocycles. The van der Waals surface area contributed by atoms with Crippen molar-refractivity contribution in [3.63, 3.8) is 0 Å². The summed E-state index contributed by atoms with van der Waals surface area (Å²) >= 11 is 0. The van der Waals surface area contributed by atoms with Crippen LogP contribution in [0.4, 0.5) is 0 Å². The van der Waals surface area contributed by atoms with Crippen LogP contribution in [0.5, 0.6) is 0 Å². The van der Waals surface area contributed by atoms with Crippen LogP contribution in [0, 0.1) is 0 Å². The van der Waals surface area contributed by atoms with Crippen molar-refractivity contribution >= 4 is 84.6 Å². The van der Waals surface area contributed by atoms with Crippen molar-refractivity contribution < 1.29 is 19.5 Å². The molecule has 0 bridgehead atoms. The average Bonchev–Trinajstić information content (AvgIpc) is 0.811. The van der Waals surface area contributed by atoms with Crippen molar-refractivity contribution in [2.24, 2.45) is 0 Å². The van der Waals surface area contributed by atoms with Crippen LogP contribution >= 0.6 is 0 Å². The van der Waals surface area contributed by atoms with Crippen LogP contribution in [0.2, 0.25) is 0 Å². The van der Waals surface area contributed by atoms with Gasteiger partial charge in [0.25, 0.3) is 0 Å². The Hall–Kier alpha value is 2.10. The van der Waals surface area contributed by atoms with Crippen molar-refractivity contribution in [2.75, 3.05) is 0 Å². The summed E-state index contributed by atoms with van der Waals surface area (Å²) in [6, 6.07) is 0. The molecular weight excluding hydrogens is 172 g/mol. The molecule has 0 heterocycles. The van der Waals surface area contributed by atoms with Gasteiger partial charge in [-0.15, -0.1) is 0 Å². The zero-order valence-corrected chi connectivity index (χ0v) is 9.06. The van der Waals surface area contributed by atoms with Gasteiger partial charge >= 0.3 is 75.5 Å². The molecule has 0 saturated heterocycles. The van der Waals surface area contributed by atoms with Crippen LogP contribution in [0.1, 0.15) is 0 Å². The van der Waals surface area contributed by atoms with E-state index in [0.717, 1.165) is 0 Å². The van der Waals surface area contributed by atoms with Gasteiger partial charge in [0.2, 0.25) is 0 Å². The molecule has 0 rings (SSSR count). The molecule has 0 aliphatic carbocycles. The van der Waals surface area contributed by atoms with Crippen molar-refractivity contribution in [1.82, 2.24) is 0 Å². The number of rotatable bonds is 0. The van der Waals surface area contributed by atoms with Crippen LogP contribution in [0.25, 0.3) is 0 Å². The van der Waals surface area contributed by atoms with E-state index in [0.29, 0.717) is 0 Å². The van der Waals surface area contributed by atoms with E-state index in [2.05, 4.69) is 0 Å². The molecule has 0 atom stereocenters. The molecule has 0 aliphatic rings. The Morgan fingerprint density at radius 1 is 1.14 bits per heavy atom. The maximum atomic E-state index is 8.52. The summed E-state index contributed by atoms with van der Waals surface area (Å²) in [5.74, 6) is 0. The minimum atomic E-state index is -3.63. The second-order valence-corrected chi connectivity index (χ2v) is 0.750. The Labute approximate surface area is 102 Å². The molecule has 0 aromatic rings. The third-order valence-corrected chi connectivity index (χ3v) is 0. The Kier molecular flexibility index (Phi) is 51.5. The maximum Gasteiger partial charge on any atom is 2.00 e. The summed E-state index contributed by atoms with van der Waals surface area (Å²) in [5, 5.41) is 0. The van der Waals surface area contributed by atoms with Crippen molar-refractivity contribution in [1.29, 1.82) is 0 Å². The fourth-order valence-electron chi connectivity index (χ4n) is 0. The fourth-order valence-corrected chi connectivity index (χ4v) is 0. The molecule has 0 aromatic heterocycles. The summed E-state index contributed by atoms with van der Waals surface area (Å²) < 4.78 is 8.52. The van der Waals surface area contributed by atoms with Crippen LogP contribution in [0.15, 0.2) is 0 Å². The van der Waals surface area contributed by atoms with Crippen LogP contribution < -0.4 is 9.59 Å². The first kappa shape index (κ1) is 23.0. The van der Waals surface area contributed by atoms with Gasteiger partial charge in [0.1, 0.15) is 0 Å². The molecule has 0 radical (unpaired) electrons. The molecule has 0 spiro atoms. The predicted molar refractivity (Wildman–Crippen MR) is 21.6 cm³/mol. The van der Waals surface area contributed by atoms with Gasteiger partial charge in [-0.05, 0) is 0 Å². The van der Waals surface area contributed by atoms with Crippen molar-refractivity contribution in [3.05, 3.63) is 0 Å². The fraction of sp³-hybridized carbons (Fsp3) is 0. The molecule has 7 heteroatoms. The molecule has 4 nitrogen and oxygen atoms in total. The van der Waals surface area contributed by atoms with E-state index in [-0.39, 0.29) is 81.0 Å². The molecule has 0 fully saturated rings. The Morgan fingerprint density at radius 2 is 1.14 bits per heavy atom. The number of hydrogen-bond acceptors (Lipinski definition) is 3. The van der Waals surface area contributed by atoms with E-state index in [1.165, 1.54) is 0 Å². The smallest absolute Gasteiger partial charge is 0.672 e. The van der Waals surface area contributed by atoms with E-state index >= 15 is 0 Å². The predicted octanol–water partition coefficient (Wildman–Crippen LogP) is -4.46. The first-order valence-corrected chi connectivity index (χ1v) is 1.84. The first-order chi connectivity index (χ1) is 1.73. The topological polar surface area (TPSA) is 94.7 Å². The van der Waals surface area contributed by atoms with Gasteiger partial charge < -0.3 is 19.5 Å². The Bertz CT molecular complexity index is 32.7. The summed E-state index contributed by atoms with van der Waals surface area (Å²) in [5.41, 5.74) is 0. The van der Waals surface area contributed by atoms with Crippen LogP contribution in [0.3, 0.4) is 0 Å². The molecule has 0 unspecified atom stereocenters. The van der Waals surface area contributed by atoms with Gasteiger partial charge in [0.05, 0.1) is 0 Å². The minimum Gasteiger partial charge on any atom is -0.672 e. The zero-order valence-electron chi connectivity index (χ0n) is 3.64. The first-order valence-electron chi connectivity index (χ1n) is 0.612. The maximum absolute atomic E-state index is 8.52. The van der Waals surface area contributed by atoms with E-state index < -0.39 is 9.17 Å². The van der Waals surface area contributed by atoms with Crippen molar-refractivity contribution in [2.45, 2.75) is 0 Å². The van der Waals surface area contributed by atoms with E-state index in [4.69, 9.17) is 14.1 Å². The average molecular weight is 174 g/mol. The molecule has 0 aromatic carbocycles. The van der Waals surface area contributed by atoms with Gasteiger partial charge in [-0.1, -0.05) is 0 Å². The summed E-state index contributed by atoms with van der Waals surface area (Å²) in [6.45, 7) is 0. The molecule has 7 heavy (non-hydrogen) atoms. The minimum absolute atomic E-state index is 0. The molecule has 0 amide bonds. The molecule has 0 aliphatic heterocycles. The van der Waals surface area contributed by atoms with Gasteiger partial charge in [0, 0.05) is 9.17 Å².